The molecule has 0 aromatic rings. The van der Waals surface area contributed by atoms with Crippen LogP contribution in [0.5, 0.6) is 0 Å². The lowest BCUT2D eigenvalue weighted by Gasteiger charge is -2.02. The van der Waals surface area contributed by atoms with Crippen LogP contribution in [-0.4, -0.2) is 26.4 Å². The van der Waals surface area contributed by atoms with Crippen LogP contribution in [-0.2, 0) is 16.0 Å². The van der Waals surface area contributed by atoms with Gasteiger partial charge in [0.1, 0.15) is 11.5 Å². The summed E-state index contributed by atoms with van der Waals surface area (Å²) in [7, 11) is 0. The van der Waals surface area contributed by atoms with Crippen molar-refractivity contribution in [3.05, 3.63) is 0 Å². The maximum atomic E-state index is 10.8. The van der Waals surface area contributed by atoms with Crippen LogP contribution in [0.15, 0.2) is 0 Å². The van der Waals surface area contributed by atoms with E-state index >= 15 is 0 Å². The molecular formula is C6H10O2S2. The summed E-state index contributed by atoms with van der Waals surface area (Å²) >= 11 is 0.691. The van der Waals surface area contributed by atoms with Gasteiger partial charge in [0.25, 0.3) is 0 Å². The fourth-order valence-corrected chi connectivity index (χ4v) is 3.84. The van der Waals surface area contributed by atoms with Crippen molar-refractivity contribution in [2.75, 3.05) is 11.5 Å². The third-order valence-electron chi connectivity index (χ3n) is 1.37. The van der Waals surface area contributed by atoms with Crippen LogP contribution in [0, 0.1) is 0 Å². The average Bonchev–Trinajstić information content (AvgIpc) is 2.13. The molecule has 2 atom stereocenters. The number of hydrogen-bond acceptors (Lipinski definition) is 3. The van der Waals surface area contributed by atoms with E-state index in [1.54, 1.807) is 6.92 Å². The molecule has 0 amide bonds. The predicted octanol–water partition coefficient (Wildman–Crippen LogP) is 0.787. The number of carbonyl (C=O) groups excluding carboxylic acids is 1. The standard InChI is InChI=1S/C6H10O2S2/c1-5(7)9-6-2-3-10(8)4-6/h6H,2-4H2,1H3. The molecule has 2 unspecified atom stereocenters. The zero-order valence-electron chi connectivity index (χ0n) is 5.83. The lowest BCUT2D eigenvalue weighted by Crippen LogP contribution is -2.07. The molecule has 0 saturated carbocycles. The third kappa shape index (κ3) is 2.52. The molecular weight excluding hydrogens is 168 g/mol. The fourth-order valence-electron chi connectivity index (χ4n) is 0.965. The van der Waals surface area contributed by atoms with E-state index in [0.717, 1.165) is 12.2 Å². The maximum Gasteiger partial charge on any atom is 0.186 e. The Bertz CT molecular complexity index is 138. The summed E-state index contributed by atoms with van der Waals surface area (Å²) in [4.78, 5) is 10.6. The zero-order chi connectivity index (χ0) is 7.56. The summed E-state index contributed by atoms with van der Waals surface area (Å²) in [5.74, 6) is 1.50. The molecule has 1 rings (SSSR count). The van der Waals surface area contributed by atoms with Crippen LogP contribution in [0.3, 0.4) is 0 Å². The van der Waals surface area contributed by atoms with Gasteiger partial charge in [-0.25, -0.2) is 0 Å². The van der Waals surface area contributed by atoms with Crippen molar-refractivity contribution in [3.63, 3.8) is 0 Å². The molecule has 0 radical (unpaired) electrons. The second kappa shape index (κ2) is 3.64. The topological polar surface area (TPSA) is 40.1 Å². The highest BCUT2D eigenvalue weighted by Gasteiger charge is 2.27. The van der Waals surface area contributed by atoms with Gasteiger partial charge in [0.05, 0.1) is 5.25 Å². The van der Waals surface area contributed by atoms with Gasteiger partial charge in [0.2, 0.25) is 0 Å². The molecule has 1 saturated heterocycles. The Hall–Kier alpha value is 0.330. The number of thioether (sulfide) groups is 1. The first-order valence-electron chi connectivity index (χ1n) is 3.20. The summed E-state index contributed by atoms with van der Waals surface area (Å²) in [6.07, 6.45) is 0.941. The first kappa shape index (κ1) is 8.43. The number of hydrogen-bond donors (Lipinski definition) is 0. The van der Waals surface area contributed by atoms with Gasteiger partial charge in [0.15, 0.2) is 5.12 Å². The second-order valence-corrected chi connectivity index (χ2v) is 5.43. The summed E-state index contributed by atoms with van der Waals surface area (Å²) in [5, 5.41) is 0.474. The highest BCUT2D eigenvalue weighted by atomic mass is 32.2. The van der Waals surface area contributed by atoms with Gasteiger partial charge in [-0.15, -0.1) is 0 Å². The fraction of sp³-hybridized carbons (Fsp3) is 0.833. The number of carbonyl (C=O) groups is 1. The SMILES string of the molecule is CC(=O)SC1CC[S+]([O-])C1. The van der Waals surface area contributed by atoms with Gasteiger partial charge in [-0.05, 0) is 0 Å². The minimum Gasteiger partial charge on any atom is -0.616 e. The van der Waals surface area contributed by atoms with E-state index < -0.39 is 11.2 Å². The first-order valence-corrected chi connectivity index (χ1v) is 5.57. The van der Waals surface area contributed by atoms with E-state index in [-0.39, 0.29) is 5.12 Å². The smallest absolute Gasteiger partial charge is 0.186 e. The summed E-state index contributed by atoms with van der Waals surface area (Å²) in [6, 6.07) is 0. The van der Waals surface area contributed by atoms with E-state index in [4.69, 9.17) is 0 Å². The summed E-state index contributed by atoms with van der Waals surface area (Å²) < 4.78 is 10.8. The lowest BCUT2D eigenvalue weighted by molar-refractivity contribution is -0.109. The van der Waals surface area contributed by atoms with Gasteiger partial charge in [0, 0.05) is 13.3 Å². The maximum absolute atomic E-state index is 10.8. The van der Waals surface area contributed by atoms with Crippen molar-refractivity contribution in [1.82, 2.24) is 0 Å². The highest BCUT2D eigenvalue weighted by Crippen LogP contribution is 2.24. The Kier molecular flexibility index (Phi) is 3.07. The largest absolute Gasteiger partial charge is 0.616 e. The van der Waals surface area contributed by atoms with Gasteiger partial charge < -0.3 is 4.55 Å². The molecule has 4 heteroatoms. The molecule has 0 N–H and O–H groups in total. The van der Waals surface area contributed by atoms with Crippen molar-refractivity contribution < 1.29 is 9.35 Å². The normalized spacial score (nSPS) is 32.6. The molecule has 1 aliphatic heterocycles. The molecule has 1 aliphatic rings. The Morgan fingerprint density at radius 1 is 1.80 bits per heavy atom. The predicted molar refractivity (Wildman–Crippen MR) is 44.6 cm³/mol. The quantitative estimate of drug-likeness (QED) is 0.557. The van der Waals surface area contributed by atoms with Gasteiger partial charge in [-0.3, -0.25) is 4.79 Å². The van der Waals surface area contributed by atoms with Gasteiger partial charge in [-0.1, -0.05) is 22.9 Å². The van der Waals surface area contributed by atoms with Crippen molar-refractivity contribution in [1.29, 1.82) is 0 Å². The van der Waals surface area contributed by atoms with Crippen LogP contribution in [0.1, 0.15) is 13.3 Å². The third-order valence-corrected chi connectivity index (χ3v) is 4.12. The molecule has 0 spiro atoms. The average molecular weight is 178 g/mol. The van der Waals surface area contributed by atoms with E-state index in [0.29, 0.717) is 11.0 Å². The van der Waals surface area contributed by atoms with Crippen molar-refractivity contribution >= 4 is 28.1 Å². The van der Waals surface area contributed by atoms with Crippen LogP contribution >= 0.6 is 11.8 Å². The molecule has 10 heavy (non-hydrogen) atoms. The molecule has 58 valence electrons. The molecule has 0 aromatic heterocycles. The molecule has 1 heterocycles. The molecule has 0 aromatic carbocycles. The van der Waals surface area contributed by atoms with Gasteiger partial charge in [-0.2, -0.15) is 0 Å². The van der Waals surface area contributed by atoms with Crippen molar-refractivity contribution in [3.8, 4) is 0 Å². The number of rotatable bonds is 1. The van der Waals surface area contributed by atoms with E-state index in [1.807, 2.05) is 0 Å². The van der Waals surface area contributed by atoms with E-state index in [1.165, 1.54) is 11.8 Å². The van der Waals surface area contributed by atoms with E-state index in [2.05, 4.69) is 0 Å². The molecule has 0 bridgehead atoms. The minimum absolute atomic E-state index is 0.143. The van der Waals surface area contributed by atoms with Crippen LogP contribution in [0.4, 0.5) is 0 Å². The second-order valence-electron chi connectivity index (χ2n) is 2.33. The summed E-state index contributed by atoms with van der Waals surface area (Å²) in [6.45, 7) is 1.56. The van der Waals surface area contributed by atoms with Crippen LogP contribution in [0.2, 0.25) is 0 Å². The molecule has 1 fully saturated rings. The van der Waals surface area contributed by atoms with Crippen molar-refractivity contribution in [2.45, 2.75) is 18.6 Å². The highest BCUT2D eigenvalue weighted by molar-refractivity contribution is 8.14. The lowest BCUT2D eigenvalue weighted by atomic mass is 10.4. The first-order chi connectivity index (χ1) is 4.68. The monoisotopic (exact) mass is 178 g/mol. The zero-order valence-corrected chi connectivity index (χ0v) is 7.46. The van der Waals surface area contributed by atoms with E-state index in [9.17, 15) is 9.35 Å². The Labute approximate surface area is 67.9 Å². The van der Waals surface area contributed by atoms with Crippen LogP contribution < -0.4 is 0 Å². The Morgan fingerprint density at radius 3 is 2.90 bits per heavy atom. The molecule has 0 aliphatic carbocycles. The summed E-state index contributed by atoms with van der Waals surface area (Å²) in [5.41, 5.74) is 0. The van der Waals surface area contributed by atoms with Gasteiger partial charge >= 0.3 is 0 Å². The van der Waals surface area contributed by atoms with Crippen LogP contribution in [0.25, 0.3) is 0 Å². The minimum atomic E-state index is -0.642. The van der Waals surface area contributed by atoms with Crippen molar-refractivity contribution in [2.24, 2.45) is 0 Å². The molecule has 2 nitrogen and oxygen atoms in total. The Balaban J connectivity index is 2.24. The Morgan fingerprint density at radius 2 is 2.50 bits per heavy atom.